The largest absolute Gasteiger partial charge is 0.494 e. The summed E-state index contributed by atoms with van der Waals surface area (Å²) in [6, 6.07) is 22.6. The topological polar surface area (TPSA) is 80.3 Å². The second-order valence-corrected chi connectivity index (χ2v) is 10.4. The molecule has 2 N–H and O–H groups in total. The summed E-state index contributed by atoms with van der Waals surface area (Å²) in [6.07, 6.45) is 0. The molecule has 0 bridgehead atoms. The SMILES string of the molecule is CCOc1ccc(-c2csc(NC(=O)C(C)Sc3ccc(NC(=O)c4ccc(C)cc4)cc3)n2)cc1. The van der Waals surface area contributed by atoms with Crippen LogP contribution in [0, 0.1) is 6.92 Å². The average Bonchev–Trinajstić information content (AvgIpc) is 3.34. The number of carbonyl (C=O) groups is 2. The highest BCUT2D eigenvalue weighted by molar-refractivity contribution is 8.00. The van der Waals surface area contributed by atoms with E-state index in [4.69, 9.17) is 4.74 Å². The monoisotopic (exact) mass is 517 g/mol. The summed E-state index contributed by atoms with van der Waals surface area (Å²) in [4.78, 5) is 30.6. The van der Waals surface area contributed by atoms with Gasteiger partial charge in [-0.25, -0.2) is 4.98 Å². The third-order valence-electron chi connectivity index (χ3n) is 5.30. The fraction of sp³-hybridized carbons (Fsp3) is 0.179. The zero-order chi connectivity index (χ0) is 25.5. The van der Waals surface area contributed by atoms with Gasteiger partial charge >= 0.3 is 0 Å². The molecule has 1 atom stereocenters. The lowest BCUT2D eigenvalue weighted by Crippen LogP contribution is -2.22. The van der Waals surface area contributed by atoms with E-state index in [1.807, 2.05) is 86.8 Å². The maximum absolute atomic E-state index is 12.7. The highest BCUT2D eigenvalue weighted by Crippen LogP contribution is 2.29. The summed E-state index contributed by atoms with van der Waals surface area (Å²) in [6.45, 7) is 6.41. The van der Waals surface area contributed by atoms with Gasteiger partial charge < -0.3 is 15.4 Å². The Morgan fingerprint density at radius 3 is 2.33 bits per heavy atom. The van der Waals surface area contributed by atoms with Crippen LogP contribution in [-0.2, 0) is 4.79 Å². The highest BCUT2D eigenvalue weighted by Gasteiger charge is 2.17. The summed E-state index contributed by atoms with van der Waals surface area (Å²) in [7, 11) is 0. The van der Waals surface area contributed by atoms with Crippen LogP contribution in [0.5, 0.6) is 5.75 Å². The maximum Gasteiger partial charge on any atom is 0.255 e. The fourth-order valence-corrected chi connectivity index (χ4v) is 4.93. The number of ether oxygens (including phenoxy) is 1. The van der Waals surface area contributed by atoms with E-state index >= 15 is 0 Å². The lowest BCUT2D eigenvalue weighted by molar-refractivity contribution is -0.115. The molecule has 4 rings (SSSR count). The number of thioether (sulfide) groups is 1. The van der Waals surface area contributed by atoms with Gasteiger partial charge in [-0.05, 0) is 81.4 Å². The van der Waals surface area contributed by atoms with Crippen LogP contribution >= 0.6 is 23.1 Å². The van der Waals surface area contributed by atoms with E-state index in [0.717, 1.165) is 27.5 Å². The molecule has 36 heavy (non-hydrogen) atoms. The van der Waals surface area contributed by atoms with Gasteiger partial charge in [-0.2, -0.15) is 0 Å². The molecular formula is C28H27N3O3S2. The molecule has 0 radical (unpaired) electrons. The van der Waals surface area contributed by atoms with Crippen LogP contribution in [0.3, 0.4) is 0 Å². The molecule has 0 aliphatic carbocycles. The lowest BCUT2D eigenvalue weighted by Gasteiger charge is -2.11. The van der Waals surface area contributed by atoms with Crippen LogP contribution in [0.25, 0.3) is 11.3 Å². The van der Waals surface area contributed by atoms with E-state index in [2.05, 4.69) is 15.6 Å². The smallest absolute Gasteiger partial charge is 0.255 e. The summed E-state index contributed by atoms with van der Waals surface area (Å²) < 4.78 is 5.48. The number of aryl methyl sites for hydroxylation is 1. The first-order chi connectivity index (χ1) is 17.4. The first-order valence-corrected chi connectivity index (χ1v) is 13.3. The van der Waals surface area contributed by atoms with Crippen molar-refractivity contribution in [1.29, 1.82) is 0 Å². The summed E-state index contributed by atoms with van der Waals surface area (Å²) >= 11 is 2.84. The van der Waals surface area contributed by atoms with Crippen LogP contribution in [0.15, 0.2) is 83.1 Å². The molecule has 6 nitrogen and oxygen atoms in total. The molecule has 0 fully saturated rings. The Morgan fingerprint density at radius 1 is 0.972 bits per heavy atom. The van der Waals surface area contributed by atoms with E-state index in [9.17, 15) is 9.59 Å². The van der Waals surface area contributed by atoms with E-state index < -0.39 is 0 Å². The summed E-state index contributed by atoms with van der Waals surface area (Å²) in [5, 5.41) is 7.97. The van der Waals surface area contributed by atoms with Crippen LogP contribution in [0.1, 0.15) is 29.8 Å². The van der Waals surface area contributed by atoms with Gasteiger partial charge in [-0.15, -0.1) is 23.1 Å². The third kappa shape index (κ3) is 6.74. The quantitative estimate of drug-likeness (QED) is 0.236. The molecule has 0 aliphatic heterocycles. The number of carbonyl (C=O) groups excluding carboxylic acids is 2. The van der Waals surface area contributed by atoms with Crippen molar-refractivity contribution >= 4 is 45.7 Å². The normalized spacial score (nSPS) is 11.5. The predicted octanol–water partition coefficient (Wildman–Crippen LogP) is 6.89. The number of rotatable bonds is 9. The molecule has 1 aromatic heterocycles. The molecule has 0 aliphatic rings. The van der Waals surface area contributed by atoms with Crippen LogP contribution in [0.2, 0.25) is 0 Å². The number of thiazole rings is 1. The lowest BCUT2D eigenvalue weighted by atomic mass is 10.1. The molecule has 1 heterocycles. The van der Waals surface area contributed by atoms with Gasteiger partial charge in [0.25, 0.3) is 5.91 Å². The number of hydrogen-bond donors (Lipinski definition) is 2. The highest BCUT2D eigenvalue weighted by atomic mass is 32.2. The first-order valence-electron chi connectivity index (χ1n) is 11.6. The number of aromatic nitrogens is 1. The number of benzene rings is 3. The average molecular weight is 518 g/mol. The Hall–Kier alpha value is -3.62. The Bertz CT molecular complexity index is 1320. The molecule has 0 saturated heterocycles. The number of anilines is 2. The Balaban J connectivity index is 1.30. The molecule has 0 saturated carbocycles. The van der Waals surface area contributed by atoms with Gasteiger partial charge in [0, 0.05) is 27.1 Å². The first kappa shape index (κ1) is 25.5. The summed E-state index contributed by atoms with van der Waals surface area (Å²) in [5.74, 6) is 0.540. The second-order valence-electron chi connectivity index (χ2n) is 8.09. The van der Waals surface area contributed by atoms with Gasteiger partial charge in [0.2, 0.25) is 5.91 Å². The van der Waals surface area contributed by atoms with E-state index in [1.54, 1.807) is 12.1 Å². The molecule has 184 valence electrons. The van der Waals surface area contributed by atoms with E-state index in [1.165, 1.54) is 23.1 Å². The van der Waals surface area contributed by atoms with Gasteiger partial charge in [0.1, 0.15) is 5.75 Å². The van der Waals surface area contributed by atoms with Crippen molar-refractivity contribution in [2.75, 3.05) is 17.2 Å². The molecular weight excluding hydrogens is 490 g/mol. The Morgan fingerprint density at radius 2 is 1.67 bits per heavy atom. The van der Waals surface area contributed by atoms with Crippen molar-refractivity contribution in [1.82, 2.24) is 4.98 Å². The van der Waals surface area contributed by atoms with Crippen molar-refractivity contribution in [3.05, 3.63) is 89.3 Å². The van der Waals surface area contributed by atoms with Crippen molar-refractivity contribution in [2.45, 2.75) is 30.9 Å². The Labute approximate surface area is 219 Å². The minimum Gasteiger partial charge on any atom is -0.494 e. The molecule has 2 amide bonds. The van der Waals surface area contributed by atoms with E-state index in [-0.39, 0.29) is 17.1 Å². The molecule has 1 unspecified atom stereocenters. The number of amides is 2. The summed E-state index contributed by atoms with van der Waals surface area (Å²) in [5.41, 5.74) is 4.19. The van der Waals surface area contributed by atoms with Gasteiger partial charge in [0.05, 0.1) is 17.6 Å². The number of nitrogens with zero attached hydrogens (tertiary/aromatic N) is 1. The molecule has 3 aromatic carbocycles. The zero-order valence-electron chi connectivity index (χ0n) is 20.3. The number of hydrogen-bond acceptors (Lipinski definition) is 6. The predicted molar refractivity (Wildman–Crippen MR) is 148 cm³/mol. The minimum absolute atomic E-state index is 0.121. The van der Waals surface area contributed by atoms with Gasteiger partial charge in [-0.1, -0.05) is 17.7 Å². The zero-order valence-corrected chi connectivity index (χ0v) is 21.9. The van der Waals surface area contributed by atoms with Crippen molar-refractivity contribution < 1.29 is 14.3 Å². The van der Waals surface area contributed by atoms with Gasteiger partial charge in [0.15, 0.2) is 5.13 Å². The van der Waals surface area contributed by atoms with Crippen LogP contribution in [0.4, 0.5) is 10.8 Å². The van der Waals surface area contributed by atoms with Crippen molar-refractivity contribution in [2.24, 2.45) is 0 Å². The second kappa shape index (κ2) is 11.9. The minimum atomic E-state index is -0.323. The third-order valence-corrected chi connectivity index (χ3v) is 7.17. The van der Waals surface area contributed by atoms with Gasteiger partial charge in [-0.3, -0.25) is 9.59 Å². The molecule has 8 heteroatoms. The van der Waals surface area contributed by atoms with Crippen molar-refractivity contribution in [3.63, 3.8) is 0 Å². The standard InChI is InChI=1S/C28H27N3O3S2/c1-4-34-23-13-9-20(10-14-23)25-17-35-28(30-25)31-26(32)19(3)36-24-15-11-22(12-16-24)29-27(33)21-7-5-18(2)6-8-21/h5-17,19H,4H2,1-3H3,(H,29,33)(H,30,31,32). The molecule has 0 spiro atoms. The number of nitrogens with one attached hydrogen (secondary N) is 2. The van der Waals surface area contributed by atoms with Crippen LogP contribution < -0.4 is 15.4 Å². The van der Waals surface area contributed by atoms with Crippen LogP contribution in [-0.4, -0.2) is 28.7 Å². The van der Waals surface area contributed by atoms with E-state index in [0.29, 0.717) is 23.0 Å². The Kier molecular flexibility index (Phi) is 8.40. The van der Waals surface area contributed by atoms with Crippen molar-refractivity contribution in [3.8, 4) is 17.0 Å². The molecule has 4 aromatic rings. The maximum atomic E-state index is 12.7. The fourth-order valence-electron chi connectivity index (χ4n) is 3.34.